The SMILES string of the molecule is C=C(Cl)c1ccc(C(C)(C)CCCc2cccc(Oc3ccccc3)c2)cc1.C=Cc1ccc(C(C)(C)CCCc2cccc(Oc3ccccc3)c2)cc1. The Morgan fingerprint density at radius 1 is 0.527 bits per heavy atom. The molecule has 0 heterocycles. The molecule has 3 heteroatoms. The molecule has 0 fully saturated rings. The molecule has 0 bridgehead atoms. The normalized spacial score (nSPS) is 11.2. The summed E-state index contributed by atoms with van der Waals surface area (Å²) in [5, 5.41) is 0.585. The van der Waals surface area contributed by atoms with Gasteiger partial charge in [0.15, 0.2) is 0 Å². The Bertz CT molecular complexity index is 2080. The summed E-state index contributed by atoms with van der Waals surface area (Å²) in [6, 6.07) is 53.8. The second-order valence-electron chi connectivity index (χ2n) is 15.4. The molecule has 0 N–H and O–H groups in total. The van der Waals surface area contributed by atoms with Crippen LogP contribution in [0.3, 0.4) is 0 Å². The molecule has 0 amide bonds. The summed E-state index contributed by atoms with van der Waals surface area (Å²) in [5.74, 6) is 3.53. The Morgan fingerprint density at radius 3 is 1.33 bits per heavy atom. The number of rotatable bonds is 16. The van der Waals surface area contributed by atoms with Crippen molar-refractivity contribution in [2.45, 2.75) is 77.0 Å². The van der Waals surface area contributed by atoms with Gasteiger partial charge >= 0.3 is 0 Å². The van der Waals surface area contributed by atoms with Crippen LogP contribution in [0.15, 0.2) is 171 Å². The summed E-state index contributed by atoms with van der Waals surface area (Å²) in [5.41, 5.74) is 7.77. The Kier molecular flexibility index (Phi) is 14.7. The lowest BCUT2D eigenvalue weighted by molar-refractivity contribution is 0.459. The lowest BCUT2D eigenvalue weighted by Crippen LogP contribution is -2.17. The molecule has 0 spiro atoms. The van der Waals surface area contributed by atoms with Gasteiger partial charge in [-0.15, -0.1) is 0 Å². The van der Waals surface area contributed by atoms with Gasteiger partial charge in [0.25, 0.3) is 0 Å². The van der Waals surface area contributed by atoms with E-state index >= 15 is 0 Å². The van der Waals surface area contributed by atoms with Crippen molar-refractivity contribution in [1.29, 1.82) is 0 Å². The number of ether oxygens (including phenoxy) is 2. The minimum absolute atomic E-state index is 0.115. The highest BCUT2D eigenvalue weighted by Crippen LogP contribution is 2.32. The van der Waals surface area contributed by atoms with E-state index in [0.717, 1.165) is 67.1 Å². The number of para-hydroxylation sites is 2. The molecule has 6 aromatic rings. The summed E-state index contributed by atoms with van der Waals surface area (Å²) in [4.78, 5) is 0. The number of benzene rings is 6. The van der Waals surface area contributed by atoms with Gasteiger partial charge in [-0.3, -0.25) is 0 Å². The summed E-state index contributed by atoms with van der Waals surface area (Å²) in [7, 11) is 0. The maximum Gasteiger partial charge on any atom is 0.127 e. The van der Waals surface area contributed by atoms with E-state index in [2.05, 4.69) is 126 Å². The molecule has 55 heavy (non-hydrogen) atoms. The average molecular weight is 747 g/mol. The van der Waals surface area contributed by atoms with E-state index in [1.165, 1.54) is 27.8 Å². The quantitative estimate of drug-likeness (QED) is 0.0982. The van der Waals surface area contributed by atoms with Crippen LogP contribution in [0.2, 0.25) is 0 Å². The van der Waals surface area contributed by atoms with Gasteiger partial charge in [0.05, 0.1) is 0 Å². The van der Waals surface area contributed by atoms with Gasteiger partial charge in [-0.1, -0.05) is 168 Å². The van der Waals surface area contributed by atoms with E-state index in [1.807, 2.05) is 78.9 Å². The van der Waals surface area contributed by atoms with Crippen molar-refractivity contribution in [1.82, 2.24) is 0 Å². The molecule has 6 aromatic carbocycles. The topological polar surface area (TPSA) is 18.5 Å². The van der Waals surface area contributed by atoms with Crippen molar-refractivity contribution in [2.24, 2.45) is 0 Å². The van der Waals surface area contributed by atoms with Crippen LogP contribution in [-0.2, 0) is 23.7 Å². The van der Waals surface area contributed by atoms with Gasteiger partial charge in [0.1, 0.15) is 23.0 Å². The smallest absolute Gasteiger partial charge is 0.127 e. The Labute approximate surface area is 335 Å². The van der Waals surface area contributed by atoms with Gasteiger partial charge in [-0.25, -0.2) is 0 Å². The van der Waals surface area contributed by atoms with Gasteiger partial charge in [-0.05, 0) is 131 Å². The molecule has 0 aliphatic heterocycles. The number of halogens is 1. The second kappa shape index (κ2) is 19.9. The largest absolute Gasteiger partial charge is 0.457 e. The zero-order chi connectivity index (χ0) is 39.1. The Morgan fingerprint density at radius 2 is 0.927 bits per heavy atom. The minimum atomic E-state index is 0.115. The zero-order valence-corrected chi connectivity index (χ0v) is 33.7. The van der Waals surface area contributed by atoms with Crippen LogP contribution in [0.1, 0.15) is 86.8 Å². The maximum absolute atomic E-state index is 5.98. The molecule has 2 nitrogen and oxygen atoms in total. The molecule has 0 aliphatic carbocycles. The predicted molar refractivity (Wildman–Crippen MR) is 236 cm³/mol. The highest BCUT2D eigenvalue weighted by molar-refractivity contribution is 6.48. The van der Waals surface area contributed by atoms with Gasteiger partial charge in [0, 0.05) is 5.03 Å². The van der Waals surface area contributed by atoms with Crippen LogP contribution in [-0.4, -0.2) is 0 Å². The average Bonchev–Trinajstić information content (AvgIpc) is 3.19. The molecule has 0 unspecified atom stereocenters. The lowest BCUT2D eigenvalue weighted by Gasteiger charge is -2.25. The van der Waals surface area contributed by atoms with Crippen molar-refractivity contribution in [2.75, 3.05) is 0 Å². The molecule has 0 saturated carbocycles. The van der Waals surface area contributed by atoms with Crippen LogP contribution >= 0.6 is 11.6 Å². The van der Waals surface area contributed by atoms with Crippen LogP contribution in [0.25, 0.3) is 11.1 Å². The number of aryl methyl sites for hydroxylation is 2. The third-order valence-corrected chi connectivity index (χ3v) is 10.4. The minimum Gasteiger partial charge on any atom is -0.457 e. The van der Waals surface area contributed by atoms with E-state index in [1.54, 1.807) is 0 Å². The van der Waals surface area contributed by atoms with Crippen molar-refractivity contribution >= 4 is 22.7 Å². The molecule has 0 atom stereocenters. The van der Waals surface area contributed by atoms with Crippen molar-refractivity contribution in [3.05, 3.63) is 204 Å². The first kappa shape index (κ1) is 40.9. The third-order valence-electron chi connectivity index (χ3n) is 10.2. The molecular weight excluding hydrogens is 692 g/mol. The van der Waals surface area contributed by atoms with Crippen LogP contribution in [0.4, 0.5) is 0 Å². The van der Waals surface area contributed by atoms with Crippen molar-refractivity contribution in [3.63, 3.8) is 0 Å². The molecule has 6 rings (SSSR count). The summed E-state index contributed by atoms with van der Waals surface area (Å²) < 4.78 is 11.9. The Hall–Kier alpha value is -5.31. The second-order valence-corrected chi connectivity index (χ2v) is 15.9. The first-order chi connectivity index (χ1) is 26.5. The van der Waals surface area contributed by atoms with Gasteiger partial charge in [0.2, 0.25) is 0 Å². The van der Waals surface area contributed by atoms with E-state index in [4.69, 9.17) is 21.1 Å². The fourth-order valence-corrected chi connectivity index (χ4v) is 6.83. The van der Waals surface area contributed by atoms with Crippen LogP contribution < -0.4 is 9.47 Å². The molecule has 282 valence electrons. The predicted octanol–water partition coefficient (Wildman–Crippen LogP) is 15.4. The highest BCUT2D eigenvalue weighted by atomic mass is 35.5. The summed E-state index contributed by atoms with van der Waals surface area (Å²) in [6.07, 6.45) is 8.49. The standard InChI is InChI=1S/C26H27ClO.C26H28O/c1-20(27)22-14-16-23(17-15-22)26(2,3)18-8-10-21-9-7-13-25(19-21)28-24-11-5-4-6-12-24;1-4-21-15-17-23(18-16-21)26(2,3)19-9-11-22-10-8-14-25(20-22)27-24-12-6-5-7-13-24/h4-7,9,11-17,19H,1,8,10,18H2,2-3H3;4-8,10,12-18,20H,1,9,11,19H2,2-3H3. The zero-order valence-electron chi connectivity index (χ0n) is 32.9. The fraction of sp³-hybridized carbons (Fsp3) is 0.231. The first-order valence-corrected chi connectivity index (χ1v) is 19.7. The summed E-state index contributed by atoms with van der Waals surface area (Å²) in [6.45, 7) is 16.9. The van der Waals surface area contributed by atoms with Gasteiger partial charge < -0.3 is 9.47 Å². The molecular formula is C52H55ClO2. The number of hydrogen-bond acceptors (Lipinski definition) is 2. The van der Waals surface area contributed by atoms with E-state index in [-0.39, 0.29) is 10.8 Å². The monoisotopic (exact) mass is 746 g/mol. The molecule has 0 aromatic heterocycles. The van der Waals surface area contributed by atoms with Crippen molar-refractivity contribution < 1.29 is 9.47 Å². The summed E-state index contributed by atoms with van der Waals surface area (Å²) >= 11 is 5.98. The van der Waals surface area contributed by atoms with E-state index in [0.29, 0.717) is 5.03 Å². The molecule has 0 radical (unpaired) electrons. The Balaban J connectivity index is 0.000000211. The lowest BCUT2D eigenvalue weighted by atomic mass is 9.79. The van der Waals surface area contributed by atoms with Gasteiger partial charge in [-0.2, -0.15) is 0 Å². The maximum atomic E-state index is 5.98. The fourth-order valence-electron chi connectivity index (χ4n) is 6.71. The van der Waals surface area contributed by atoms with E-state index in [9.17, 15) is 0 Å². The molecule has 0 aliphatic rings. The first-order valence-electron chi connectivity index (χ1n) is 19.3. The van der Waals surface area contributed by atoms with E-state index < -0.39 is 0 Å². The highest BCUT2D eigenvalue weighted by Gasteiger charge is 2.21. The number of hydrogen-bond donors (Lipinski definition) is 0. The van der Waals surface area contributed by atoms with Crippen LogP contribution in [0.5, 0.6) is 23.0 Å². The third kappa shape index (κ3) is 12.9. The molecule has 0 saturated heterocycles. The van der Waals surface area contributed by atoms with Crippen LogP contribution in [0, 0.1) is 0 Å². The van der Waals surface area contributed by atoms with Crippen molar-refractivity contribution in [3.8, 4) is 23.0 Å².